The van der Waals surface area contributed by atoms with Crippen molar-refractivity contribution in [3.63, 3.8) is 0 Å². The molecule has 0 aliphatic rings. The van der Waals surface area contributed by atoms with Crippen LogP contribution in [-0.4, -0.2) is 25.0 Å². The smallest absolute Gasteiger partial charge is 0.416 e. The number of sulfonamides is 1. The van der Waals surface area contributed by atoms with Crippen LogP contribution in [0.5, 0.6) is 0 Å². The first-order chi connectivity index (χ1) is 9.42. The molecule has 0 aliphatic carbocycles. The summed E-state index contributed by atoms with van der Waals surface area (Å²) in [5.41, 5.74) is -2.72. The lowest BCUT2D eigenvalue weighted by atomic mass is 10.0. The fourth-order valence-electron chi connectivity index (χ4n) is 1.45. The van der Waals surface area contributed by atoms with Crippen LogP contribution < -0.4 is 4.72 Å². The highest BCUT2D eigenvalue weighted by Crippen LogP contribution is 2.29. The first-order valence-corrected chi connectivity index (χ1v) is 7.35. The maximum Gasteiger partial charge on any atom is 0.416 e. The minimum absolute atomic E-state index is 0.0256. The zero-order chi connectivity index (χ0) is 16.5. The molecule has 0 spiro atoms. The van der Waals surface area contributed by atoms with E-state index >= 15 is 0 Å². The van der Waals surface area contributed by atoms with E-state index in [-0.39, 0.29) is 6.42 Å². The molecule has 1 aromatic carbocycles. The van der Waals surface area contributed by atoms with Crippen LogP contribution in [0.2, 0.25) is 0 Å². The summed E-state index contributed by atoms with van der Waals surface area (Å²) < 4.78 is 63.2. The number of carboxylic acids is 1. The van der Waals surface area contributed by atoms with Gasteiger partial charge in [0.05, 0.1) is 10.5 Å². The maximum absolute atomic E-state index is 12.4. The summed E-state index contributed by atoms with van der Waals surface area (Å²) in [4.78, 5) is 10.6. The molecular weight excluding hydrogens is 311 g/mol. The van der Waals surface area contributed by atoms with Crippen LogP contribution in [0, 0.1) is 0 Å². The Kier molecular flexibility index (Phi) is 4.69. The highest BCUT2D eigenvalue weighted by molar-refractivity contribution is 7.89. The second-order valence-electron chi connectivity index (χ2n) is 4.62. The number of rotatable bonds is 5. The average molecular weight is 325 g/mol. The molecule has 0 bridgehead atoms. The summed E-state index contributed by atoms with van der Waals surface area (Å²) >= 11 is 0. The molecular formula is C12H14F3NO4S. The van der Waals surface area contributed by atoms with E-state index in [0.717, 1.165) is 12.1 Å². The highest BCUT2D eigenvalue weighted by atomic mass is 32.2. The van der Waals surface area contributed by atoms with E-state index < -0.39 is 38.2 Å². The van der Waals surface area contributed by atoms with Crippen LogP contribution in [-0.2, 0) is 21.0 Å². The minimum atomic E-state index is -4.57. The zero-order valence-corrected chi connectivity index (χ0v) is 12.0. The Bertz CT molecular complexity index is 625. The van der Waals surface area contributed by atoms with Crippen LogP contribution in [0.3, 0.4) is 0 Å². The summed E-state index contributed by atoms with van der Waals surface area (Å²) in [5, 5.41) is 9.02. The van der Waals surface area contributed by atoms with Gasteiger partial charge in [0.25, 0.3) is 0 Å². The number of halogens is 3. The number of nitrogens with one attached hydrogen (secondary N) is 1. The van der Waals surface area contributed by atoms with E-state index in [1.165, 1.54) is 13.8 Å². The van der Waals surface area contributed by atoms with Crippen molar-refractivity contribution in [1.29, 1.82) is 0 Å². The molecule has 9 heteroatoms. The number of aliphatic carboxylic acids is 1. The zero-order valence-electron chi connectivity index (χ0n) is 11.2. The van der Waals surface area contributed by atoms with Crippen LogP contribution in [0.25, 0.3) is 0 Å². The average Bonchev–Trinajstić information content (AvgIpc) is 2.37. The largest absolute Gasteiger partial charge is 0.480 e. The quantitative estimate of drug-likeness (QED) is 0.869. The Morgan fingerprint density at radius 2 is 1.71 bits per heavy atom. The van der Waals surface area contributed by atoms with Gasteiger partial charge in [-0.3, -0.25) is 4.79 Å². The van der Waals surface area contributed by atoms with Crippen molar-refractivity contribution in [1.82, 2.24) is 4.72 Å². The Labute approximate surface area is 119 Å². The van der Waals surface area contributed by atoms with Crippen molar-refractivity contribution in [2.75, 3.05) is 0 Å². The number of hydrogen-bond acceptors (Lipinski definition) is 3. The van der Waals surface area contributed by atoms with E-state index in [1.807, 2.05) is 4.72 Å². The second kappa shape index (κ2) is 5.64. The van der Waals surface area contributed by atoms with Gasteiger partial charge in [0.15, 0.2) is 0 Å². The minimum Gasteiger partial charge on any atom is -0.480 e. The number of alkyl halides is 3. The first-order valence-electron chi connectivity index (χ1n) is 5.87. The topological polar surface area (TPSA) is 83.5 Å². The molecule has 1 aromatic rings. The standard InChI is InChI=1S/C12H14F3NO4S/c1-3-11(2,10(17)18)16-21(19,20)9-6-4-8(5-7-9)12(13,14)15/h4-7,16H,3H2,1-2H3,(H,17,18). The van der Waals surface area contributed by atoms with Crippen LogP contribution in [0.15, 0.2) is 29.2 Å². The summed E-state index contributed by atoms with van der Waals surface area (Å²) in [6, 6.07) is 2.81. The molecule has 21 heavy (non-hydrogen) atoms. The molecule has 0 amide bonds. The van der Waals surface area contributed by atoms with E-state index in [2.05, 4.69) is 0 Å². The fraction of sp³-hybridized carbons (Fsp3) is 0.417. The summed E-state index contributed by atoms with van der Waals surface area (Å²) in [6.07, 6.45) is -4.60. The fourth-order valence-corrected chi connectivity index (χ4v) is 2.88. The van der Waals surface area contributed by atoms with Crippen LogP contribution in [0.4, 0.5) is 13.2 Å². The van der Waals surface area contributed by atoms with E-state index in [4.69, 9.17) is 5.11 Å². The predicted octanol–water partition coefficient (Wildman–Crippen LogP) is 2.24. The van der Waals surface area contributed by atoms with Crippen molar-refractivity contribution in [2.24, 2.45) is 0 Å². The third kappa shape index (κ3) is 3.94. The second-order valence-corrected chi connectivity index (χ2v) is 6.30. The van der Waals surface area contributed by atoms with Gasteiger partial charge in [0.2, 0.25) is 10.0 Å². The molecule has 0 aromatic heterocycles. The van der Waals surface area contributed by atoms with Crippen molar-refractivity contribution < 1.29 is 31.5 Å². The van der Waals surface area contributed by atoms with Crippen LogP contribution >= 0.6 is 0 Å². The molecule has 5 nitrogen and oxygen atoms in total. The molecule has 1 unspecified atom stereocenters. The van der Waals surface area contributed by atoms with Gasteiger partial charge in [-0.15, -0.1) is 0 Å². The Balaban J connectivity index is 3.12. The predicted molar refractivity (Wildman–Crippen MR) is 68.1 cm³/mol. The Hall–Kier alpha value is -1.61. The molecule has 0 saturated heterocycles. The molecule has 0 aliphatic heterocycles. The van der Waals surface area contributed by atoms with Crippen molar-refractivity contribution >= 4 is 16.0 Å². The number of carboxylic acid groups (broad SMARTS) is 1. The normalized spacial score (nSPS) is 15.5. The lowest BCUT2D eigenvalue weighted by Gasteiger charge is -2.24. The molecule has 0 saturated carbocycles. The summed E-state index contributed by atoms with van der Waals surface area (Å²) in [6.45, 7) is 2.65. The van der Waals surface area contributed by atoms with Gasteiger partial charge in [-0.1, -0.05) is 6.92 Å². The van der Waals surface area contributed by atoms with Crippen molar-refractivity contribution in [2.45, 2.75) is 36.9 Å². The van der Waals surface area contributed by atoms with E-state index in [9.17, 15) is 26.4 Å². The highest BCUT2D eigenvalue weighted by Gasteiger charge is 2.36. The van der Waals surface area contributed by atoms with E-state index in [0.29, 0.717) is 12.1 Å². The van der Waals surface area contributed by atoms with Gasteiger partial charge in [-0.25, -0.2) is 8.42 Å². The van der Waals surface area contributed by atoms with Crippen molar-refractivity contribution in [3.8, 4) is 0 Å². The monoisotopic (exact) mass is 325 g/mol. The third-order valence-corrected chi connectivity index (χ3v) is 4.64. The van der Waals surface area contributed by atoms with Gasteiger partial charge in [0, 0.05) is 0 Å². The van der Waals surface area contributed by atoms with Gasteiger partial charge in [0.1, 0.15) is 5.54 Å². The van der Waals surface area contributed by atoms with Crippen molar-refractivity contribution in [3.05, 3.63) is 29.8 Å². The SMILES string of the molecule is CCC(C)(NS(=O)(=O)c1ccc(C(F)(F)F)cc1)C(=O)O. The maximum atomic E-state index is 12.4. The Morgan fingerprint density at radius 3 is 2.05 bits per heavy atom. The van der Waals surface area contributed by atoms with Gasteiger partial charge < -0.3 is 5.11 Å². The number of hydrogen-bond donors (Lipinski definition) is 2. The number of carbonyl (C=O) groups is 1. The molecule has 0 radical (unpaired) electrons. The van der Waals surface area contributed by atoms with E-state index in [1.54, 1.807) is 0 Å². The summed E-state index contributed by atoms with van der Waals surface area (Å²) in [7, 11) is -4.24. The third-order valence-electron chi connectivity index (χ3n) is 3.03. The lowest BCUT2D eigenvalue weighted by molar-refractivity contribution is -0.143. The van der Waals surface area contributed by atoms with Gasteiger partial charge in [-0.2, -0.15) is 17.9 Å². The first kappa shape index (κ1) is 17.4. The van der Waals surface area contributed by atoms with Gasteiger partial charge in [-0.05, 0) is 37.6 Å². The molecule has 0 heterocycles. The van der Waals surface area contributed by atoms with Crippen LogP contribution in [0.1, 0.15) is 25.8 Å². The molecule has 1 atom stereocenters. The molecule has 118 valence electrons. The lowest BCUT2D eigenvalue weighted by Crippen LogP contribution is -2.51. The number of benzene rings is 1. The Morgan fingerprint density at radius 1 is 1.24 bits per heavy atom. The summed E-state index contributed by atoms with van der Waals surface area (Å²) in [5.74, 6) is -1.37. The van der Waals surface area contributed by atoms with Gasteiger partial charge >= 0.3 is 12.1 Å². The molecule has 0 fully saturated rings. The molecule has 1 rings (SSSR count). The molecule has 2 N–H and O–H groups in total.